The summed E-state index contributed by atoms with van der Waals surface area (Å²) in [5.41, 5.74) is 3.48. The molecule has 1 rings (SSSR count). The molecule has 112 valence electrons. The monoisotopic (exact) mass is 280 g/mol. The van der Waals surface area contributed by atoms with Crippen molar-refractivity contribution < 1.29 is 14.3 Å². The van der Waals surface area contributed by atoms with Crippen LogP contribution in [0.25, 0.3) is 0 Å². The first-order chi connectivity index (χ1) is 9.36. The standard InChI is InChI=1S/C15H24N2O3/c1-10(2)17-11(3)8-13(12(17)4)9-16-14(18)6-7-15(19)20-5/h8,10H,6-7,9H2,1-5H3,(H,16,18). The number of carbonyl (C=O) groups excluding carboxylic acids is 2. The van der Waals surface area contributed by atoms with Crippen molar-refractivity contribution in [1.29, 1.82) is 0 Å². The van der Waals surface area contributed by atoms with Gasteiger partial charge in [0.25, 0.3) is 0 Å². The molecule has 0 fully saturated rings. The zero-order chi connectivity index (χ0) is 15.3. The summed E-state index contributed by atoms with van der Waals surface area (Å²) in [6.07, 6.45) is 0.281. The van der Waals surface area contributed by atoms with Gasteiger partial charge in [-0.1, -0.05) is 0 Å². The van der Waals surface area contributed by atoms with E-state index >= 15 is 0 Å². The van der Waals surface area contributed by atoms with Gasteiger partial charge in [0.05, 0.1) is 13.5 Å². The molecule has 0 spiro atoms. The van der Waals surface area contributed by atoms with Crippen molar-refractivity contribution in [1.82, 2.24) is 9.88 Å². The number of rotatable bonds is 6. The summed E-state index contributed by atoms with van der Waals surface area (Å²) in [6, 6.07) is 2.49. The first kappa shape index (κ1) is 16.3. The molecule has 1 heterocycles. The quantitative estimate of drug-likeness (QED) is 0.813. The van der Waals surface area contributed by atoms with Gasteiger partial charge >= 0.3 is 5.97 Å². The lowest BCUT2D eigenvalue weighted by molar-refractivity contribution is -0.142. The maximum Gasteiger partial charge on any atom is 0.306 e. The van der Waals surface area contributed by atoms with Crippen LogP contribution in [-0.4, -0.2) is 23.6 Å². The van der Waals surface area contributed by atoms with Gasteiger partial charge in [0.1, 0.15) is 0 Å². The summed E-state index contributed by atoms with van der Waals surface area (Å²) < 4.78 is 6.75. The van der Waals surface area contributed by atoms with Gasteiger partial charge in [0, 0.05) is 30.4 Å². The molecule has 0 saturated heterocycles. The molecular weight excluding hydrogens is 256 g/mol. The number of aromatic nitrogens is 1. The Morgan fingerprint density at radius 3 is 2.45 bits per heavy atom. The lowest BCUT2D eigenvalue weighted by Gasteiger charge is -2.14. The van der Waals surface area contributed by atoms with Crippen LogP contribution in [0.2, 0.25) is 0 Å². The highest BCUT2D eigenvalue weighted by molar-refractivity contribution is 5.81. The average molecular weight is 280 g/mol. The Morgan fingerprint density at radius 2 is 1.95 bits per heavy atom. The minimum absolute atomic E-state index is 0.118. The number of aryl methyl sites for hydroxylation is 1. The lowest BCUT2D eigenvalue weighted by Crippen LogP contribution is -2.23. The highest BCUT2D eigenvalue weighted by atomic mass is 16.5. The molecule has 5 heteroatoms. The number of nitrogens with one attached hydrogen (secondary N) is 1. The predicted molar refractivity (Wildman–Crippen MR) is 77.4 cm³/mol. The minimum Gasteiger partial charge on any atom is -0.469 e. The van der Waals surface area contributed by atoms with Crippen molar-refractivity contribution in [2.24, 2.45) is 0 Å². The van der Waals surface area contributed by atoms with Crippen LogP contribution in [0.5, 0.6) is 0 Å². The number of ether oxygens (including phenoxy) is 1. The molecule has 0 aliphatic carbocycles. The van der Waals surface area contributed by atoms with Crippen LogP contribution in [-0.2, 0) is 20.9 Å². The third kappa shape index (κ3) is 4.11. The first-order valence-electron chi connectivity index (χ1n) is 6.87. The van der Waals surface area contributed by atoms with Crippen LogP contribution in [0, 0.1) is 13.8 Å². The van der Waals surface area contributed by atoms with Crippen molar-refractivity contribution in [3.8, 4) is 0 Å². The Balaban J connectivity index is 2.56. The lowest BCUT2D eigenvalue weighted by atomic mass is 10.2. The minimum atomic E-state index is -0.363. The molecule has 0 unspecified atom stereocenters. The van der Waals surface area contributed by atoms with Crippen molar-refractivity contribution in [3.05, 3.63) is 23.0 Å². The van der Waals surface area contributed by atoms with Crippen LogP contribution < -0.4 is 5.32 Å². The van der Waals surface area contributed by atoms with Gasteiger partial charge in [-0.15, -0.1) is 0 Å². The summed E-state index contributed by atoms with van der Waals surface area (Å²) in [5.74, 6) is -0.497. The van der Waals surface area contributed by atoms with Crippen molar-refractivity contribution in [2.75, 3.05) is 7.11 Å². The van der Waals surface area contributed by atoms with Crippen molar-refractivity contribution in [2.45, 2.75) is 53.1 Å². The Bertz CT molecular complexity index is 490. The number of esters is 1. The molecule has 20 heavy (non-hydrogen) atoms. The predicted octanol–water partition coefficient (Wildman–Crippen LogP) is 2.26. The fourth-order valence-electron chi connectivity index (χ4n) is 2.42. The van der Waals surface area contributed by atoms with E-state index in [9.17, 15) is 9.59 Å². The largest absolute Gasteiger partial charge is 0.469 e. The maximum absolute atomic E-state index is 11.6. The summed E-state index contributed by atoms with van der Waals surface area (Å²) in [7, 11) is 1.32. The summed E-state index contributed by atoms with van der Waals surface area (Å²) >= 11 is 0. The molecule has 1 amide bonds. The third-order valence-corrected chi connectivity index (χ3v) is 3.37. The van der Waals surface area contributed by atoms with E-state index in [4.69, 9.17) is 0 Å². The molecule has 1 aromatic rings. The molecule has 0 aliphatic rings. The van der Waals surface area contributed by atoms with Crippen LogP contribution in [0.4, 0.5) is 0 Å². The number of nitrogens with zero attached hydrogens (tertiary/aromatic N) is 1. The van der Waals surface area contributed by atoms with E-state index in [1.54, 1.807) is 0 Å². The molecule has 0 aliphatic heterocycles. The molecule has 0 saturated carbocycles. The van der Waals surface area contributed by atoms with Gasteiger partial charge in [-0.05, 0) is 39.3 Å². The zero-order valence-corrected chi connectivity index (χ0v) is 12.9. The van der Waals surface area contributed by atoms with Gasteiger partial charge < -0.3 is 14.6 Å². The van der Waals surface area contributed by atoms with Crippen LogP contribution in [0.1, 0.15) is 49.7 Å². The zero-order valence-electron chi connectivity index (χ0n) is 12.9. The fraction of sp³-hybridized carbons (Fsp3) is 0.600. The summed E-state index contributed by atoms with van der Waals surface area (Å²) in [5, 5.41) is 2.84. The van der Waals surface area contributed by atoms with E-state index < -0.39 is 0 Å². The van der Waals surface area contributed by atoms with E-state index in [0.29, 0.717) is 12.6 Å². The normalized spacial score (nSPS) is 10.7. The fourth-order valence-corrected chi connectivity index (χ4v) is 2.42. The number of amides is 1. The Hall–Kier alpha value is -1.78. The van der Waals surface area contributed by atoms with Crippen molar-refractivity contribution in [3.63, 3.8) is 0 Å². The molecule has 1 aromatic heterocycles. The maximum atomic E-state index is 11.6. The Morgan fingerprint density at radius 1 is 1.30 bits per heavy atom. The van der Waals surface area contributed by atoms with Gasteiger partial charge in [0.15, 0.2) is 0 Å². The van der Waals surface area contributed by atoms with Crippen LogP contribution in [0.3, 0.4) is 0 Å². The third-order valence-electron chi connectivity index (χ3n) is 3.37. The first-order valence-corrected chi connectivity index (χ1v) is 6.87. The molecule has 1 N–H and O–H groups in total. The van der Waals surface area contributed by atoms with E-state index in [2.05, 4.69) is 48.4 Å². The van der Waals surface area contributed by atoms with Crippen LogP contribution in [0.15, 0.2) is 6.07 Å². The topological polar surface area (TPSA) is 60.3 Å². The number of hydrogen-bond donors (Lipinski definition) is 1. The molecule has 0 radical (unpaired) electrons. The Kier molecular flexibility index (Phi) is 5.80. The van der Waals surface area contributed by atoms with E-state index in [1.807, 2.05) is 0 Å². The molecular formula is C15H24N2O3. The van der Waals surface area contributed by atoms with Crippen molar-refractivity contribution >= 4 is 11.9 Å². The van der Waals surface area contributed by atoms with E-state index in [1.165, 1.54) is 18.5 Å². The summed E-state index contributed by atoms with van der Waals surface area (Å²) in [6.45, 7) is 8.89. The second kappa shape index (κ2) is 7.12. The second-order valence-electron chi connectivity index (χ2n) is 5.21. The van der Waals surface area contributed by atoms with Gasteiger partial charge in [0.2, 0.25) is 5.91 Å². The SMILES string of the molecule is COC(=O)CCC(=O)NCc1cc(C)n(C(C)C)c1C. The molecule has 0 atom stereocenters. The number of hydrogen-bond acceptors (Lipinski definition) is 3. The summed E-state index contributed by atoms with van der Waals surface area (Å²) in [4.78, 5) is 22.6. The van der Waals surface area contributed by atoms with E-state index in [0.717, 1.165) is 5.56 Å². The Labute approximate surface area is 120 Å². The molecule has 0 bridgehead atoms. The van der Waals surface area contributed by atoms with Gasteiger partial charge in [-0.25, -0.2) is 0 Å². The number of carbonyl (C=O) groups is 2. The highest BCUT2D eigenvalue weighted by Crippen LogP contribution is 2.19. The molecule has 0 aromatic carbocycles. The van der Waals surface area contributed by atoms with Gasteiger partial charge in [-0.2, -0.15) is 0 Å². The highest BCUT2D eigenvalue weighted by Gasteiger charge is 2.12. The number of methoxy groups -OCH3 is 1. The average Bonchev–Trinajstić information content (AvgIpc) is 2.68. The second-order valence-corrected chi connectivity index (χ2v) is 5.21. The van der Waals surface area contributed by atoms with Gasteiger partial charge in [-0.3, -0.25) is 9.59 Å². The van der Waals surface area contributed by atoms with E-state index in [-0.39, 0.29) is 24.7 Å². The molecule has 5 nitrogen and oxygen atoms in total. The smallest absolute Gasteiger partial charge is 0.306 e. The van der Waals surface area contributed by atoms with Crippen LogP contribution >= 0.6 is 0 Å².